The lowest BCUT2D eigenvalue weighted by atomic mass is 10.0. The van der Waals surface area contributed by atoms with Crippen molar-refractivity contribution < 1.29 is 36.9 Å². The second kappa shape index (κ2) is 14.7. The number of likely N-dealkylation sites (tertiary alicyclic amines) is 1. The first kappa shape index (κ1) is 32.9. The second-order valence-electron chi connectivity index (χ2n) is 10.6. The number of carbonyl (C=O) groups excluding carboxylic acids is 1. The van der Waals surface area contributed by atoms with Crippen LogP contribution in [0.1, 0.15) is 28.9 Å². The third-order valence-corrected chi connectivity index (χ3v) is 7.40. The van der Waals surface area contributed by atoms with Gasteiger partial charge in [-0.25, -0.2) is 4.39 Å². The normalized spacial score (nSPS) is 15.0. The topological polar surface area (TPSA) is 100 Å². The Morgan fingerprint density at radius 1 is 1.16 bits per heavy atom. The van der Waals surface area contributed by atoms with E-state index in [0.29, 0.717) is 17.4 Å². The van der Waals surface area contributed by atoms with Crippen LogP contribution in [0.15, 0.2) is 36.4 Å². The molecule has 44 heavy (non-hydrogen) atoms. The summed E-state index contributed by atoms with van der Waals surface area (Å²) in [6, 6.07) is 9.32. The number of halogens is 4. The Hall–Kier alpha value is -3.99. The predicted octanol–water partition coefficient (Wildman–Crippen LogP) is 4.06. The molecule has 13 heteroatoms. The van der Waals surface area contributed by atoms with Gasteiger partial charge in [0, 0.05) is 57.0 Å². The third kappa shape index (κ3) is 8.34. The molecule has 2 aromatic carbocycles. The summed E-state index contributed by atoms with van der Waals surface area (Å²) >= 11 is 0. The summed E-state index contributed by atoms with van der Waals surface area (Å²) in [7, 11) is 4.30. The van der Waals surface area contributed by atoms with E-state index >= 15 is 0 Å². The van der Waals surface area contributed by atoms with Gasteiger partial charge in [0.15, 0.2) is 0 Å². The molecule has 0 saturated carbocycles. The number of hydrogen-bond acceptors (Lipinski definition) is 7. The Morgan fingerprint density at radius 2 is 1.91 bits per heavy atom. The maximum Gasteiger partial charge on any atom is 0.406 e. The fourth-order valence-electron chi connectivity index (χ4n) is 5.33. The van der Waals surface area contributed by atoms with E-state index in [9.17, 15) is 27.5 Å². The third-order valence-electron chi connectivity index (χ3n) is 7.40. The number of anilines is 2. The van der Waals surface area contributed by atoms with Crippen LogP contribution in [0.5, 0.6) is 5.75 Å². The molecule has 0 bridgehead atoms. The quantitative estimate of drug-likeness (QED) is 0.190. The molecule has 0 radical (unpaired) electrons. The number of piperidine rings is 1. The van der Waals surface area contributed by atoms with E-state index in [4.69, 9.17) is 9.47 Å². The van der Waals surface area contributed by atoms with Gasteiger partial charge in [0.2, 0.25) is 0 Å². The zero-order valence-corrected chi connectivity index (χ0v) is 24.9. The molecule has 238 valence electrons. The van der Waals surface area contributed by atoms with E-state index in [1.165, 1.54) is 20.2 Å². The monoisotopic (exact) mass is 619 g/mol. The molecule has 1 unspecified atom stereocenters. The molecule has 2 heterocycles. The summed E-state index contributed by atoms with van der Waals surface area (Å²) in [6.07, 6.45) is -3.40. The molecule has 4 rings (SSSR count). The molecule has 1 saturated heterocycles. The van der Waals surface area contributed by atoms with Crippen LogP contribution in [0.4, 0.5) is 28.9 Å². The highest BCUT2D eigenvalue weighted by atomic mass is 19.4. The van der Waals surface area contributed by atoms with Crippen LogP contribution >= 0.6 is 0 Å². The number of rotatable bonds is 11. The number of aliphatic hydroxyl groups is 1. The van der Waals surface area contributed by atoms with Gasteiger partial charge in [-0.1, -0.05) is 12.0 Å². The van der Waals surface area contributed by atoms with Crippen LogP contribution in [0, 0.1) is 17.7 Å². The van der Waals surface area contributed by atoms with Crippen LogP contribution in [0.2, 0.25) is 0 Å². The van der Waals surface area contributed by atoms with Crippen molar-refractivity contribution >= 4 is 28.2 Å². The van der Waals surface area contributed by atoms with Crippen molar-refractivity contribution in [1.29, 1.82) is 0 Å². The lowest BCUT2D eigenvalue weighted by Gasteiger charge is -2.34. The van der Waals surface area contributed by atoms with Crippen molar-refractivity contribution in [3.05, 3.63) is 53.5 Å². The fraction of sp³-hybridized carbons (Fsp3) is 0.452. The van der Waals surface area contributed by atoms with E-state index in [-0.39, 0.29) is 41.9 Å². The molecule has 3 aromatic rings. The van der Waals surface area contributed by atoms with Crippen LogP contribution < -0.4 is 20.7 Å². The lowest BCUT2D eigenvalue weighted by molar-refractivity contribution is -0.140. The van der Waals surface area contributed by atoms with Crippen molar-refractivity contribution in [3.8, 4) is 17.6 Å². The van der Waals surface area contributed by atoms with Gasteiger partial charge in [-0.15, -0.1) is 0 Å². The van der Waals surface area contributed by atoms with Crippen molar-refractivity contribution in [2.45, 2.75) is 37.7 Å². The lowest BCUT2D eigenvalue weighted by Crippen LogP contribution is -2.43. The van der Waals surface area contributed by atoms with Crippen LogP contribution in [0.3, 0.4) is 0 Å². The van der Waals surface area contributed by atoms with Gasteiger partial charge in [0.1, 0.15) is 18.1 Å². The first-order chi connectivity index (χ1) is 21.0. The Labute approximate surface area is 253 Å². The smallest absolute Gasteiger partial charge is 0.406 e. The van der Waals surface area contributed by atoms with E-state index in [2.05, 4.69) is 32.7 Å². The molecule has 1 aliphatic rings. The van der Waals surface area contributed by atoms with E-state index in [0.717, 1.165) is 42.3 Å². The minimum absolute atomic E-state index is 0.0224. The molecule has 9 nitrogen and oxygen atoms in total. The van der Waals surface area contributed by atoms with Gasteiger partial charge < -0.3 is 40.0 Å². The van der Waals surface area contributed by atoms with Gasteiger partial charge >= 0.3 is 6.18 Å². The number of nitrogens with one attached hydrogen (secondary N) is 3. The number of benzene rings is 2. The van der Waals surface area contributed by atoms with Gasteiger partial charge in [-0.05, 0) is 43.0 Å². The Balaban J connectivity index is 1.52. The highest BCUT2D eigenvalue weighted by Gasteiger charge is 2.30. The molecule has 1 fully saturated rings. The molecule has 4 N–H and O–H groups in total. The second-order valence-corrected chi connectivity index (χ2v) is 10.6. The number of aliphatic hydroxyl groups excluding tert-OH is 1. The molecular formula is C31H37F4N5O4. The SMILES string of the molecule is CNC(=O)c1cc(OC)c(NCC#Cc2cc3c(NC4CCN(CC(O)COC)CC4)cccc3n2CC(F)(F)F)cc1F. The van der Waals surface area contributed by atoms with Crippen molar-refractivity contribution in [2.75, 3.05) is 64.7 Å². The standard InChI is InChI=1S/C31H37F4N5O4/c1-36-30(42)23-15-29(44-3)27(16-25(23)32)37-11-5-6-21-14-24-26(7-4-8-28(24)40(21)19-31(33,34)35)38-20-9-12-39(13-10-20)17-22(41)18-43-2/h4,7-8,14-16,20,22,37-38,41H,9-13,17-19H2,1-3H3,(H,36,42). The van der Waals surface area contributed by atoms with Crippen molar-refractivity contribution in [1.82, 2.24) is 14.8 Å². The van der Waals surface area contributed by atoms with Crippen LogP contribution in [-0.4, -0.2) is 92.9 Å². The molecule has 1 aliphatic heterocycles. The van der Waals surface area contributed by atoms with Crippen LogP contribution in [-0.2, 0) is 11.3 Å². The molecule has 1 aromatic heterocycles. The average Bonchev–Trinajstić information content (AvgIpc) is 3.32. The molecule has 0 aliphatic carbocycles. The van der Waals surface area contributed by atoms with Crippen LogP contribution in [0.25, 0.3) is 10.9 Å². The summed E-state index contributed by atoms with van der Waals surface area (Å²) in [5, 5.41) is 19.4. The first-order valence-corrected chi connectivity index (χ1v) is 14.2. The number of carbonyl (C=O) groups is 1. The maximum atomic E-state index is 14.5. The number of nitrogens with zero attached hydrogens (tertiary/aromatic N) is 2. The maximum absolute atomic E-state index is 14.5. The zero-order valence-electron chi connectivity index (χ0n) is 24.9. The number of amides is 1. The van der Waals surface area contributed by atoms with Gasteiger partial charge in [-0.2, -0.15) is 13.2 Å². The predicted molar refractivity (Wildman–Crippen MR) is 161 cm³/mol. The number of β-amino-alcohol motifs (C(OH)–C–C–N with tert-alkyl or cyclic N) is 1. The molecule has 1 amide bonds. The summed E-state index contributed by atoms with van der Waals surface area (Å²) in [5.41, 5.74) is 1.36. The van der Waals surface area contributed by atoms with Crippen molar-refractivity contribution in [2.24, 2.45) is 0 Å². The van der Waals surface area contributed by atoms with E-state index in [1.54, 1.807) is 25.3 Å². The number of methoxy groups -OCH3 is 2. The van der Waals surface area contributed by atoms with E-state index in [1.807, 2.05) is 6.07 Å². The number of alkyl halides is 3. The fourth-order valence-corrected chi connectivity index (χ4v) is 5.33. The number of fused-ring (bicyclic) bond motifs is 1. The average molecular weight is 620 g/mol. The van der Waals surface area contributed by atoms with E-state index < -0.39 is 30.5 Å². The van der Waals surface area contributed by atoms with Gasteiger partial charge in [-0.3, -0.25) is 4.79 Å². The zero-order chi connectivity index (χ0) is 31.9. The minimum atomic E-state index is -4.47. The highest BCUT2D eigenvalue weighted by Crippen LogP contribution is 2.32. The highest BCUT2D eigenvalue weighted by molar-refractivity contribution is 5.95. The molecule has 0 spiro atoms. The molecular weight excluding hydrogens is 582 g/mol. The Morgan fingerprint density at radius 3 is 2.57 bits per heavy atom. The van der Waals surface area contributed by atoms with Crippen molar-refractivity contribution in [3.63, 3.8) is 0 Å². The number of hydrogen-bond donors (Lipinski definition) is 4. The summed E-state index contributed by atoms with van der Waals surface area (Å²) in [4.78, 5) is 14.1. The Kier molecular flexibility index (Phi) is 11.0. The summed E-state index contributed by atoms with van der Waals surface area (Å²) in [5.74, 6) is 4.50. The number of ether oxygens (including phenoxy) is 2. The van der Waals surface area contributed by atoms with Gasteiger partial charge in [0.25, 0.3) is 5.91 Å². The first-order valence-electron chi connectivity index (χ1n) is 14.2. The minimum Gasteiger partial charge on any atom is -0.495 e. The largest absolute Gasteiger partial charge is 0.495 e. The summed E-state index contributed by atoms with van der Waals surface area (Å²) in [6.45, 7) is 1.11. The Bertz CT molecular complexity index is 1510. The summed E-state index contributed by atoms with van der Waals surface area (Å²) < 4.78 is 66.7. The van der Waals surface area contributed by atoms with Gasteiger partial charge in [0.05, 0.1) is 48.8 Å². The molecule has 1 atom stereocenters. The number of aromatic nitrogens is 1.